The van der Waals surface area contributed by atoms with Gasteiger partial charge in [0.25, 0.3) is 5.91 Å². The van der Waals surface area contributed by atoms with E-state index in [0.29, 0.717) is 17.8 Å². The van der Waals surface area contributed by atoms with Crippen LogP contribution in [-0.4, -0.2) is 10.9 Å². The van der Waals surface area contributed by atoms with Crippen molar-refractivity contribution in [3.8, 4) is 0 Å². The second-order valence-corrected chi connectivity index (χ2v) is 3.76. The number of anilines is 1. The van der Waals surface area contributed by atoms with Gasteiger partial charge in [-0.25, -0.2) is 0 Å². The predicted octanol–water partition coefficient (Wildman–Crippen LogP) is 1.09. The molecule has 5 nitrogen and oxygen atoms in total. The van der Waals surface area contributed by atoms with Gasteiger partial charge in [0.1, 0.15) is 0 Å². The molecule has 0 bridgehead atoms. The Morgan fingerprint density at radius 1 is 1.22 bits per heavy atom. The van der Waals surface area contributed by atoms with E-state index in [-0.39, 0.29) is 11.5 Å². The number of nitrogens with two attached hydrogens (primary N) is 1. The third-order valence-corrected chi connectivity index (χ3v) is 2.53. The van der Waals surface area contributed by atoms with E-state index in [2.05, 4.69) is 10.3 Å². The molecule has 1 aromatic heterocycles. The van der Waals surface area contributed by atoms with Crippen LogP contribution in [-0.2, 0) is 6.54 Å². The molecule has 0 atom stereocenters. The molecule has 0 saturated heterocycles. The van der Waals surface area contributed by atoms with Gasteiger partial charge in [-0.15, -0.1) is 0 Å². The fourth-order valence-corrected chi connectivity index (χ4v) is 1.57. The van der Waals surface area contributed by atoms with Gasteiger partial charge >= 0.3 is 0 Å². The Bertz CT molecular complexity index is 599. The van der Waals surface area contributed by atoms with Crippen molar-refractivity contribution in [2.24, 2.45) is 5.73 Å². The van der Waals surface area contributed by atoms with Gasteiger partial charge < -0.3 is 16.0 Å². The molecule has 2 aromatic rings. The van der Waals surface area contributed by atoms with E-state index in [1.54, 1.807) is 6.07 Å². The maximum atomic E-state index is 11.9. The monoisotopic (exact) mass is 243 g/mol. The van der Waals surface area contributed by atoms with E-state index >= 15 is 0 Å². The lowest BCUT2D eigenvalue weighted by Gasteiger charge is -2.09. The summed E-state index contributed by atoms with van der Waals surface area (Å²) in [6.07, 6.45) is 1.38. The summed E-state index contributed by atoms with van der Waals surface area (Å²) in [7, 11) is 0. The minimum absolute atomic E-state index is 0.242. The summed E-state index contributed by atoms with van der Waals surface area (Å²) in [6.45, 7) is 0.349. The molecular weight excluding hydrogens is 230 g/mol. The van der Waals surface area contributed by atoms with Gasteiger partial charge in [-0.05, 0) is 17.7 Å². The normalized spacial score (nSPS) is 10.1. The average Bonchev–Trinajstić information content (AvgIpc) is 2.40. The van der Waals surface area contributed by atoms with Crippen molar-refractivity contribution in [2.75, 3.05) is 5.32 Å². The highest BCUT2D eigenvalue weighted by Gasteiger charge is 2.07. The van der Waals surface area contributed by atoms with Crippen molar-refractivity contribution in [2.45, 2.75) is 6.54 Å². The molecule has 0 saturated carbocycles. The summed E-state index contributed by atoms with van der Waals surface area (Å²) >= 11 is 0. The second kappa shape index (κ2) is 5.29. The topological polar surface area (TPSA) is 88.0 Å². The molecular formula is C13H13N3O2. The lowest BCUT2D eigenvalue weighted by atomic mass is 10.1. The first-order chi connectivity index (χ1) is 8.70. The Labute approximate surface area is 104 Å². The van der Waals surface area contributed by atoms with Gasteiger partial charge in [0.2, 0.25) is 5.56 Å². The number of amides is 1. The number of aromatic amines is 1. The standard InChI is InChI=1S/C13H13N3O2/c14-7-9-3-1-2-4-11(9)16-13(18)10-5-6-12(17)15-8-10/h1-6,8H,7,14H2,(H,15,17)(H,16,18). The SMILES string of the molecule is NCc1ccccc1NC(=O)c1ccc(=O)[nH]c1. The van der Waals surface area contributed by atoms with Crippen molar-refractivity contribution in [3.63, 3.8) is 0 Å². The summed E-state index contributed by atoms with van der Waals surface area (Å²) < 4.78 is 0. The first kappa shape index (κ1) is 12.1. The number of pyridine rings is 1. The molecule has 0 radical (unpaired) electrons. The number of carbonyl (C=O) groups is 1. The number of hydrogen-bond acceptors (Lipinski definition) is 3. The molecule has 18 heavy (non-hydrogen) atoms. The molecule has 92 valence electrons. The predicted molar refractivity (Wildman–Crippen MR) is 69.3 cm³/mol. The fraction of sp³-hybridized carbons (Fsp3) is 0.0769. The molecule has 0 unspecified atom stereocenters. The van der Waals surface area contributed by atoms with Crippen LogP contribution in [0.1, 0.15) is 15.9 Å². The van der Waals surface area contributed by atoms with E-state index < -0.39 is 0 Å². The van der Waals surface area contributed by atoms with E-state index in [1.807, 2.05) is 18.2 Å². The van der Waals surface area contributed by atoms with Crippen molar-refractivity contribution in [1.82, 2.24) is 4.98 Å². The highest BCUT2D eigenvalue weighted by atomic mass is 16.1. The van der Waals surface area contributed by atoms with Gasteiger partial charge in [0.15, 0.2) is 0 Å². The van der Waals surface area contributed by atoms with Crippen LogP contribution in [0.15, 0.2) is 47.4 Å². The molecule has 0 aliphatic rings. The number of nitrogens with one attached hydrogen (secondary N) is 2. The van der Waals surface area contributed by atoms with E-state index in [1.165, 1.54) is 18.3 Å². The quantitative estimate of drug-likeness (QED) is 0.753. The van der Waals surface area contributed by atoms with Crippen molar-refractivity contribution in [3.05, 3.63) is 64.1 Å². The molecule has 1 amide bonds. The van der Waals surface area contributed by atoms with Crippen LogP contribution in [0.5, 0.6) is 0 Å². The van der Waals surface area contributed by atoms with Crippen molar-refractivity contribution >= 4 is 11.6 Å². The van der Waals surface area contributed by atoms with E-state index in [0.717, 1.165) is 5.56 Å². The van der Waals surface area contributed by atoms with Crippen molar-refractivity contribution in [1.29, 1.82) is 0 Å². The number of rotatable bonds is 3. The average molecular weight is 243 g/mol. The van der Waals surface area contributed by atoms with Crippen LogP contribution >= 0.6 is 0 Å². The number of carbonyl (C=O) groups excluding carboxylic acids is 1. The smallest absolute Gasteiger partial charge is 0.257 e. The first-order valence-corrected chi connectivity index (χ1v) is 5.49. The number of para-hydroxylation sites is 1. The summed E-state index contributed by atoms with van der Waals surface area (Å²) in [5.74, 6) is -0.285. The largest absolute Gasteiger partial charge is 0.328 e. The number of benzene rings is 1. The van der Waals surface area contributed by atoms with Crippen LogP contribution < -0.4 is 16.6 Å². The minimum atomic E-state index is -0.285. The Kier molecular flexibility index (Phi) is 3.54. The Balaban J connectivity index is 2.21. The van der Waals surface area contributed by atoms with Crippen LogP contribution in [0, 0.1) is 0 Å². The van der Waals surface area contributed by atoms with Crippen LogP contribution in [0.4, 0.5) is 5.69 Å². The fourth-order valence-electron chi connectivity index (χ4n) is 1.57. The zero-order chi connectivity index (χ0) is 13.0. The molecule has 0 aliphatic heterocycles. The van der Waals surface area contributed by atoms with Gasteiger partial charge in [0, 0.05) is 24.5 Å². The first-order valence-electron chi connectivity index (χ1n) is 5.49. The number of H-pyrrole nitrogens is 1. The molecule has 0 spiro atoms. The Morgan fingerprint density at radius 3 is 2.67 bits per heavy atom. The highest BCUT2D eigenvalue weighted by Crippen LogP contribution is 2.14. The van der Waals surface area contributed by atoms with Crippen LogP contribution in [0.2, 0.25) is 0 Å². The van der Waals surface area contributed by atoms with Gasteiger partial charge in [-0.3, -0.25) is 9.59 Å². The van der Waals surface area contributed by atoms with Crippen LogP contribution in [0.3, 0.4) is 0 Å². The zero-order valence-corrected chi connectivity index (χ0v) is 9.64. The zero-order valence-electron chi connectivity index (χ0n) is 9.64. The van der Waals surface area contributed by atoms with Crippen molar-refractivity contribution < 1.29 is 4.79 Å². The lowest BCUT2D eigenvalue weighted by Crippen LogP contribution is -2.16. The molecule has 0 fully saturated rings. The summed E-state index contributed by atoms with van der Waals surface area (Å²) in [5, 5.41) is 2.76. The molecule has 5 heteroatoms. The molecule has 4 N–H and O–H groups in total. The number of aromatic nitrogens is 1. The van der Waals surface area contributed by atoms with Crippen LogP contribution in [0.25, 0.3) is 0 Å². The molecule has 2 rings (SSSR count). The maximum absolute atomic E-state index is 11.9. The third-order valence-electron chi connectivity index (χ3n) is 2.53. The lowest BCUT2D eigenvalue weighted by molar-refractivity contribution is 0.102. The number of hydrogen-bond donors (Lipinski definition) is 3. The summed E-state index contributed by atoms with van der Waals surface area (Å²) in [5.41, 5.74) is 7.27. The van der Waals surface area contributed by atoms with E-state index in [4.69, 9.17) is 5.73 Å². The Hall–Kier alpha value is -2.40. The molecule has 1 aromatic carbocycles. The van der Waals surface area contributed by atoms with Gasteiger partial charge in [0.05, 0.1) is 5.56 Å². The second-order valence-electron chi connectivity index (χ2n) is 3.76. The summed E-state index contributed by atoms with van der Waals surface area (Å²) in [6, 6.07) is 10.1. The maximum Gasteiger partial charge on any atom is 0.257 e. The molecule has 1 heterocycles. The molecule has 0 aliphatic carbocycles. The summed E-state index contributed by atoms with van der Waals surface area (Å²) in [4.78, 5) is 25.3. The van der Waals surface area contributed by atoms with Gasteiger partial charge in [-0.2, -0.15) is 0 Å². The minimum Gasteiger partial charge on any atom is -0.328 e. The Morgan fingerprint density at radius 2 is 2.00 bits per heavy atom. The highest BCUT2D eigenvalue weighted by molar-refractivity contribution is 6.04. The van der Waals surface area contributed by atoms with Gasteiger partial charge in [-0.1, -0.05) is 18.2 Å². The van der Waals surface area contributed by atoms with E-state index in [9.17, 15) is 9.59 Å². The third kappa shape index (κ3) is 2.64.